The van der Waals surface area contributed by atoms with Gasteiger partial charge in [0.05, 0.1) is 11.4 Å². The molecule has 0 spiro atoms. The van der Waals surface area contributed by atoms with Crippen molar-refractivity contribution in [3.05, 3.63) is 146 Å². The minimum Gasteiger partial charge on any atom is -0.265 e. The topological polar surface area (TPSA) is 51.6 Å². The third-order valence-electron chi connectivity index (χ3n) is 7.69. The van der Waals surface area contributed by atoms with Crippen LogP contribution in [0.3, 0.4) is 0 Å². The van der Waals surface area contributed by atoms with Gasteiger partial charge in [-0.15, -0.1) is 11.3 Å². The van der Waals surface area contributed by atoms with Gasteiger partial charge in [-0.3, -0.25) is 9.97 Å². The van der Waals surface area contributed by atoms with Crippen LogP contribution in [0.4, 0.5) is 0 Å². The summed E-state index contributed by atoms with van der Waals surface area (Å²) in [6.45, 7) is 0. The van der Waals surface area contributed by atoms with E-state index >= 15 is 0 Å². The third-order valence-corrected chi connectivity index (χ3v) is 8.83. The van der Waals surface area contributed by atoms with Gasteiger partial charge in [0, 0.05) is 61.7 Å². The van der Waals surface area contributed by atoms with Gasteiger partial charge in [-0.05, 0) is 82.9 Å². The maximum Gasteiger partial charge on any atom is 0.160 e. The van der Waals surface area contributed by atoms with Crippen molar-refractivity contribution in [3.63, 3.8) is 0 Å². The summed E-state index contributed by atoms with van der Waals surface area (Å²) >= 11 is 1.82. The van der Waals surface area contributed by atoms with Crippen molar-refractivity contribution in [1.29, 1.82) is 0 Å². The maximum atomic E-state index is 5.17. The molecule has 8 rings (SSSR count). The van der Waals surface area contributed by atoms with E-state index in [0.29, 0.717) is 5.82 Å². The van der Waals surface area contributed by atoms with Crippen molar-refractivity contribution in [2.45, 2.75) is 0 Å². The van der Waals surface area contributed by atoms with Gasteiger partial charge in [0.25, 0.3) is 0 Å². The first-order valence-corrected chi connectivity index (χ1v) is 14.9. The second kappa shape index (κ2) is 10.7. The predicted molar refractivity (Wildman–Crippen MR) is 178 cm³/mol. The molecular formula is C38H24N4S. The Hall–Kier alpha value is -5.52. The number of thiophene rings is 1. The van der Waals surface area contributed by atoms with Crippen LogP contribution < -0.4 is 0 Å². The summed E-state index contributed by atoms with van der Waals surface area (Å²) in [4.78, 5) is 18.8. The number of nitrogens with zero attached hydrogens (tertiary/aromatic N) is 4. The predicted octanol–water partition coefficient (Wildman–Crippen LogP) is 9.97. The average molecular weight is 569 g/mol. The van der Waals surface area contributed by atoms with Gasteiger partial charge in [0.2, 0.25) is 0 Å². The molecule has 43 heavy (non-hydrogen) atoms. The Balaban J connectivity index is 1.40. The zero-order valence-electron chi connectivity index (χ0n) is 23.1. The fraction of sp³-hybridized carbons (Fsp3) is 0. The van der Waals surface area contributed by atoms with Crippen molar-refractivity contribution in [3.8, 4) is 56.2 Å². The molecule has 4 aromatic heterocycles. The van der Waals surface area contributed by atoms with Gasteiger partial charge in [0.1, 0.15) is 0 Å². The first-order valence-electron chi connectivity index (χ1n) is 14.1. The van der Waals surface area contributed by atoms with Crippen molar-refractivity contribution < 1.29 is 0 Å². The highest BCUT2D eigenvalue weighted by Gasteiger charge is 2.16. The number of benzene rings is 4. The van der Waals surface area contributed by atoms with Crippen LogP contribution in [0.25, 0.3) is 76.3 Å². The van der Waals surface area contributed by atoms with E-state index in [1.807, 2.05) is 78.6 Å². The number of pyridine rings is 2. The molecule has 0 aliphatic heterocycles. The van der Waals surface area contributed by atoms with E-state index in [4.69, 9.17) is 9.97 Å². The molecule has 8 aromatic rings. The second-order valence-electron chi connectivity index (χ2n) is 10.4. The summed E-state index contributed by atoms with van der Waals surface area (Å²) in [5, 5.41) is 2.48. The SMILES string of the molecule is c1ccc(-c2nc(-c3cc(-c4ccncc4)cc(-c4ccncc4)c3)cc(-c3cccc4sc5ccccc5c34)n2)cc1. The minimum atomic E-state index is 0.699. The van der Waals surface area contributed by atoms with Crippen molar-refractivity contribution >= 4 is 31.5 Å². The Labute approximate surface area is 253 Å². The monoisotopic (exact) mass is 568 g/mol. The van der Waals surface area contributed by atoms with Crippen LogP contribution in [0.1, 0.15) is 0 Å². The standard InChI is InChI=1S/C38H24N4S/c1-2-7-27(8-3-1)38-41-33(24-34(42-38)31-10-6-12-36-37(31)32-9-4-5-11-35(32)43-36)30-22-28(25-13-17-39-18-14-25)21-29(23-30)26-15-19-40-20-16-26/h1-24H. The van der Waals surface area contributed by atoms with Crippen molar-refractivity contribution in [2.24, 2.45) is 0 Å². The van der Waals surface area contributed by atoms with Gasteiger partial charge in [-0.1, -0.05) is 60.7 Å². The van der Waals surface area contributed by atoms with Crippen molar-refractivity contribution in [2.75, 3.05) is 0 Å². The van der Waals surface area contributed by atoms with E-state index in [1.54, 1.807) is 0 Å². The fourth-order valence-electron chi connectivity index (χ4n) is 5.64. The zero-order chi connectivity index (χ0) is 28.6. The molecule has 0 radical (unpaired) electrons. The van der Waals surface area contributed by atoms with Crippen LogP contribution in [0.5, 0.6) is 0 Å². The average Bonchev–Trinajstić information content (AvgIpc) is 3.48. The lowest BCUT2D eigenvalue weighted by molar-refractivity contribution is 1.19. The molecule has 0 unspecified atom stereocenters. The fourth-order valence-corrected chi connectivity index (χ4v) is 6.77. The third kappa shape index (κ3) is 4.76. The zero-order valence-corrected chi connectivity index (χ0v) is 23.9. The van der Waals surface area contributed by atoms with E-state index in [9.17, 15) is 0 Å². The van der Waals surface area contributed by atoms with Crippen LogP contribution in [-0.2, 0) is 0 Å². The molecule has 0 aliphatic rings. The maximum absolute atomic E-state index is 5.17. The largest absolute Gasteiger partial charge is 0.265 e. The molecule has 202 valence electrons. The number of hydrogen-bond acceptors (Lipinski definition) is 5. The number of hydrogen-bond donors (Lipinski definition) is 0. The summed E-state index contributed by atoms with van der Waals surface area (Å²) in [7, 11) is 0. The first kappa shape index (κ1) is 25.2. The molecule has 0 N–H and O–H groups in total. The van der Waals surface area contributed by atoms with E-state index in [1.165, 1.54) is 20.2 Å². The number of rotatable bonds is 5. The minimum absolute atomic E-state index is 0.699. The summed E-state index contributed by atoms with van der Waals surface area (Å²) in [5.74, 6) is 0.699. The highest BCUT2D eigenvalue weighted by Crippen LogP contribution is 2.41. The summed E-state index contributed by atoms with van der Waals surface area (Å²) in [5.41, 5.74) is 9.26. The normalized spacial score (nSPS) is 11.3. The summed E-state index contributed by atoms with van der Waals surface area (Å²) in [6.07, 6.45) is 7.32. The van der Waals surface area contributed by atoms with Gasteiger partial charge >= 0.3 is 0 Å². The molecule has 0 saturated heterocycles. The van der Waals surface area contributed by atoms with Crippen LogP contribution in [0, 0.1) is 0 Å². The Morgan fingerprint density at radius 1 is 0.419 bits per heavy atom. The molecule has 0 aliphatic carbocycles. The van der Waals surface area contributed by atoms with E-state index < -0.39 is 0 Å². The summed E-state index contributed by atoms with van der Waals surface area (Å²) in [6, 6.07) is 42.3. The Kier molecular flexibility index (Phi) is 6.28. The lowest BCUT2D eigenvalue weighted by Crippen LogP contribution is -1.97. The lowest BCUT2D eigenvalue weighted by Gasteiger charge is -2.13. The van der Waals surface area contributed by atoms with E-state index in [0.717, 1.165) is 50.3 Å². The van der Waals surface area contributed by atoms with E-state index in [2.05, 4.69) is 88.8 Å². The number of fused-ring (bicyclic) bond motifs is 3. The van der Waals surface area contributed by atoms with Gasteiger partial charge < -0.3 is 0 Å². The number of aromatic nitrogens is 4. The summed E-state index contributed by atoms with van der Waals surface area (Å²) < 4.78 is 2.52. The van der Waals surface area contributed by atoms with Crippen LogP contribution in [0.2, 0.25) is 0 Å². The molecule has 4 aromatic carbocycles. The quantitative estimate of drug-likeness (QED) is 0.207. The van der Waals surface area contributed by atoms with Gasteiger partial charge in [-0.25, -0.2) is 9.97 Å². The first-order chi connectivity index (χ1) is 21.3. The smallest absolute Gasteiger partial charge is 0.160 e. The van der Waals surface area contributed by atoms with Crippen LogP contribution in [-0.4, -0.2) is 19.9 Å². The Bertz CT molecular complexity index is 2170. The Morgan fingerprint density at radius 3 is 1.74 bits per heavy atom. The molecule has 0 bridgehead atoms. The molecule has 4 heterocycles. The van der Waals surface area contributed by atoms with Crippen LogP contribution >= 0.6 is 11.3 Å². The molecule has 0 amide bonds. The molecule has 0 fully saturated rings. The highest BCUT2D eigenvalue weighted by atomic mass is 32.1. The van der Waals surface area contributed by atoms with Gasteiger partial charge in [0.15, 0.2) is 5.82 Å². The highest BCUT2D eigenvalue weighted by molar-refractivity contribution is 7.25. The van der Waals surface area contributed by atoms with Gasteiger partial charge in [-0.2, -0.15) is 0 Å². The van der Waals surface area contributed by atoms with Crippen LogP contribution in [0.15, 0.2) is 146 Å². The molecule has 0 atom stereocenters. The molecule has 4 nitrogen and oxygen atoms in total. The lowest BCUT2D eigenvalue weighted by atomic mass is 9.95. The van der Waals surface area contributed by atoms with Crippen molar-refractivity contribution in [1.82, 2.24) is 19.9 Å². The molecule has 0 saturated carbocycles. The molecular weight excluding hydrogens is 545 g/mol. The van der Waals surface area contributed by atoms with E-state index in [-0.39, 0.29) is 0 Å². The Morgan fingerprint density at radius 2 is 1.02 bits per heavy atom. The second-order valence-corrected chi connectivity index (χ2v) is 11.5. The molecule has 5 heteroatoms.